The zero-order chi connectivity index (χ0) is 9.42. The Kier molecular flexibility index (Phi) is 2.79. The van der Waals surface area contributed by atoms with Crippen LogP contribution in [0, 0.1) is 17.8 Å². The Balaban J connectivity index is 2.02. The summed E-state index contributed by atoms with van der Waals surface area (Å²) in [7, 11) is 3.65. The van der Waals surface area contributed by atoms with Crippen molar-refractivity contribution in [1.29, 1.82) is 0 Å². The summed E-state index contributed by atoms with van der Waals surface area (Å²) in [5.74, 6) is 0.554. The summed E-state index contributed by atoms with van der Waals surface area (Å²) in [5.41, 5.74) is 0. The lowest BCUT2D eigenvalue weighted by atomic mass is 9.88. The van der Waals surface area contributed by atoms with Crippen LogP contribution >= 0.6 is 21.6 Å². The first-order chi connectivity index (χ1) is 6.22. The molecule has 13 heavy (non-hydrogen) atoms. The molecule has 1 N–H and O–H groups in total. The first-order valence-corrected chi connectivity index (χ1v) is 7.26. The van der Waals surface area contributed by atoms with E-state index in [4.69, 9.17) is 5.11 Å². The molecular weight excluding hydrogens is 204 g/mol. The molecular formula is C9H14O2S2. The third kappa shape index (κ3) is 1.71. The lowest BCUT2D eigenvalue weighted by Gasteiger charge is -2.25. The van der Waals surface area contributed by atoms with E-state index in [1.54, 1.807) is 10.8 Å². The van der Waals surface area contributed by atoms with Crippen molar-refractivity contribution in [2.24, 2.45) is 17.8 Å². The van der Waals surface area contributed by atoms with Crippen molar-refractivity contribution in [3.63, 3.8) is 0 Å². The minimum absolute atomic E-state index is 0.0385. The fourth-order valence-electron chi connectivity index (χ4n) is 2.80. The van der Waals surface area contributed by atoms with Crippen LogP contribution in [0.1, 0.15) is 19.3 Å². The van der Waals surface area contributed by atoms with Gasteiger partial charge < -0.3 is 5.11 Å². The van der Waals surface area contributed by atoms with Crippen LogP contribution in [0.25, 0.3) is 0 Å². The molecule has 2 bridgehead atoms. The normalized spacial score (nSPS) is 42.5. The molecule has 2 rings (SSSR count). The second kappa shape index (κ2) is 3.73. The highest BCUT2D eigenvalue weighted by Gasteiger charge is 2.49. The van der Waals surface area contributed by atoms with E-state index in [2.05, 4.69) is 6.26 Å². The topological polar surface area (TPSA) is 37.3 Å². The molecule has 0 aromatic heterocycles. The molecule has 0 heterocycles. The standard InChI is InChI=1S/C9H14O2S2/c1-12-13-8-4-5-2-6(8)7(3-5)9(10)11/h5-8H,2-4H2,1H3,(H,10,11)/t5?,6?,7-,8+/m0/s1. The Bertz CT molecular complexity index is 220. The van der Waals surface area contributed by atoms with Gasteiger partial charge in [0.05, 0.1) is 5.92 Å². The zero-order valence-corrected chi connectivity index (χ0v) is 9.24. The number of carbonyl (C=O) groups is 1. The fraction of sp³-hybridized carbons (Fsp3) is 0.889. The van der Waals surface area contributed by atoms with E-state index in [0.29, 0.717) is 17.1 Å². The Morgan fingerprint density at radius 2 is 2.15 bits per heavy atom. The van der Waals surface area contributed by atoms with Gasteiger partial charge in [0.1, 0.15) is 0 Å². The first kappa shape index (κ1) is 9.71. The second-order valence-corrected chi connectivity index (χ2v) is 6.69. The summed E-state index contributed by atoms with van der Waals surface area (Å²) in [4.78, 5) is 10.9. The predicted molar refractivity (Wildman–Crippen MR) is 56.9 cm³/mol. The molecule has 0 aromatic carbocycles. The lowest BCUT2D eigenvalue weighted by molar-refractivity contribution is -0.143. The minimum atomic E-state index is -0.570. The van der Waals surface area contributed by atoms with Gasteiger partial charge in [0.25, 0.3) is 0 Å². The SMILES string of the molecule is CSS[C@@H]1CC2CC1[C@@H](C(=O)O)C2. The van der Waals surface area contributed by atoms with E-state index in [1.807, 2.05) is 10.8 Å². The van der Waals surface area contributed by atoms with Gasteiger partial charge in [-0.05, 0) is 37.4 Å². The number of rotatable bonds is 3. The Morgan fingerprint density at radius 3 is 2.69 bits per heavy atom. The van der Waals surface area contributed by atoms with E-state index >= 15 is 0 Å². The molecule has 0 radical (unpaired) electrons. The van der Waals surface area contributed by atoms with Crippen LogP contribution in [-0.2, 0) is 4.79 Å². The molecule has 4 heteroatoms. The molecule has 2 unspecified atom stereocenters. The lowest BCUT2D eigenvalue weighted by Crippen LogP contribution is -2.27. The summed E-state index contributed by atoms with van der Waals surface area (Å²) >= 11 is 0. The molecule has 0 aromatic rings. The van der Waals surface area contributed by atoms with Gasteiger partial charge in [0, 0.05) is 5.25 Å². The molecule has 2 saturated carbocycles. The number of hydrogen-bond acceptors (Lipinski definition) is 3. The maximum atomic E-state index is 10.9. The van der Waals surface area contributed by atoms with Gasteiger partial charge in [-0.2, -0.15) is 0 Å². The number of carboxylic acids is 1. The highest BCUT2D eigenvalue weighted by atomic mass is 33.1. The quantitative estimate of drug-likeness (QED) is 0.739. The van der Waals surface area contributed by atoms with Gasteiger partial charge in [0.15, 0.2) is 0 Å². The molecule has 2 nitrogen and oxygen atoms in total. The molecule has 4 atom stereocenters. The maximum absolute atomic E-state index is 10.9. The molecule has 2 aliphatic rings. The minimum Gasteiger partial charge on any atom is -0.481 e. The van der Waals surface area contributed by atoms with Crippen molar-refractivity contribution in [1.82, 2.24) is 0 Å². The van der Waals surface area contributed by atoms with E-state index in [0.717, 1.165) is 12.8 Å². The van der Waals surface area contributed by atoms with Gasteiger partial charge in [-0.25, -0.2) is 0 Å². The van der Waals surface area contributed by atoms with Crippen molar-refractivity contribution in [3.05, 3.63) is 0 Å². The van der Waals surface area contributed by atoms with Gasteiger partial charge in [0.2, 0.25) is 0 Å². The van der Waals surface area contributed by atoms with Crippen molar-refractivity contribution in [3.8, 4) is 0 Å². The van der Waals surface area contributed by atoms with E-state index in [1.165, 1.54) is 6.42 Å². The molecule has 2 aliphatic carbocycles. The Morgan fingerprint density at radius 1 is 1.38 bits per heavy atom. The summed E-state index contributed by atoms with van der Waals surface area (Å²) in [5, 5.41) is 9.61. The van der Waals surface area contributed by atoms with Gasteiger partial charge in [-0.15, -0.1) is 0 Å². The molecule has 0 amide bonds. The smallest absolute Gasteiger partial charge is 0.306 e. The van der Waals surface area contributed by atoms with Gasteiger partial charge in [-0.3, -0.25) is 4.79 Å². The summed E-state index contributed by atoms with van der Waals surface area (Å²) in [6.07, 6.45) is 5.42. The average Bonchev–Trinajstić information content (AvgIpc) is 2.62. The van der Waals surface area contributed by atoms with Crippen LogP contribution in [0.5, 0.6) is 0 Å². The fourth-order valence-corrected chi connectivity index (χ4v) is 5.25. The molecule has 2 fully saturated rings. The van der Waals surface area contributed by atoms with Crippen LogP contribution < -0.4 is 0 Å². The monoisotopic (exact) mass is 218 g/mol. The largest absolute Gasteiger partial charge is 0.481 e. The van der Waals surface area contributed by atoms with Crippen molar-refractivity contribution < 1.29 is 9.90 Å². The van der Waals surface area contributed by atoms with Gasteiger partial charge in [-0.1, -0.05) is 21.6 Å². The van der Waals surface area contributed by atoms with Crippen LogP contribution in [0.3, 0.4) is 0 Å². The van der Waals surface area contributed by atoms with Crippen LogP contribution in [0.4, 0.5) is 0 Å². The third-order valence-corrected chi connectivity index (χ3v) is 5.59. The van der Waals surface area contributed by atoms with E-state index < -0.39 is 5.97 Å². The number of aliphatic carboxylic acids is 1. The van der Waals surface area contributed by atoms with Crippen LogP contribution in [0.2, 0.25) is 0 Å². The zero-order valence-electron chi connectivity index (χ0n) is 7.60. The molecule has 0 saturated heterocycles. The second-order valence-electron chi connectivity index (χ2n) is 3.98. The summed E-state index contributed by atoms with van der Waals surface area (Å²) in [6.45, 7) is 0. The molecule has 0 aliphatic heterocycles. The van der Waals surface area contributed by atoms with Crippen molar-refractivity contribution in [2.45, 2.75) is 24.5 Å². The molecule has 74 valence electrons. The maximum Gasteiger partial charge on any atom is 0.306 e. The third-order valence-electron chi connectivity index (χ3n) is 3.29. The van der Waals surface area contributed by atoms with Gasteiger partial charge >= 0.3 is 5.97 Å². The van der Waals surface area contributed by atoms with E-state index in [9.17, 15) is 4.79 Å². The highest BCUT2D eigenvalue weighted by molar-refractivity contribution is 8.76. The Labute approximate surface area is 86.2 Å². The van der Waals surface area contributed by atoms with Crippen LogP contribution in [0.15, 0.2) is 0 Å². The molecule has 0 spiro atoms. The number of fused-ring (bicyclic) bond motifs is 2. The van der Waals surface area contributed by atoms with Crippen LogP contribution in [-0.4, -0.2) is 22.6 Å². The average molecular weight is 218 g/mol. The predicted octanol–water partition coefficient (Wildman–Crippen LogP) is 2.50. The van der Waals surface area contributed by atoms with Crippen molar-refractivity contribution in [2.75, 3.05) is 6.26 Å². The number of hydrogen-bond donors (Lipinski definition) is 1. The Hall–Kier alpha value is 0.170. The first-order valence-electron chi connectivity index (χ1n) is 4.64. The van der Waals surface area contributed by atoms with Crippen molar-refractivity contribution >= 4 is 27.6 Å². The summed E-state index contributed by atoms with van der Waals surface area (Å²) in [6, 6.07) is 0. The number of carboxylic acid groups (broad SMARTS) is 1. The summed E-state index contributed by atoms with van der Waals surface area (Å²) < 4.78 is 0. The van der Waals surface area contributed by atoms with E-state index in [-0.39, 0.29) is 5.92 Å². The highest BCUT2D eigenvalue weighted by Crippen LogP contribution is 2.54.